The molecule has 1 unspecified atom stereocenters. The number of aliphatic carboxylic acids is 1. The molecule has 6 nitrogen and oxygen atoms in total. The fraction of sp³-hybridized carbons (Fsp3) is 0.417. The minimum Gasteiger partial charge on any atom is -0.481 e. The van der Waals surface area contributed by atoms with E-state index >= 15 is 0 Å². The molecule has 0 saturated carbocycles. The van der Waals surface area contributed by atoms with E-state index in [0.717, 1.165) is 5.56 Å². The van der Waals surface area contributed by atoms with Gasteiger partial charge in [-0.15, -0.1) is 0 Å². The normalized spacial score (nSPS) is 12.3. The zero-order valence-electron chi connectivity index (χ0n) is 10.2. The van der Waals surface area contributed by atoms with Gasteiger partial charge in [0.25, 0.3) is 0 Å². The van der Waals surface area contributed by atoms with Crippen molar-refractivity contribution < 1.29 is 14.7 Å². The van der Waals surface area contributed by atoms with Crippen molar-refractivity contribution in [3.05, 3.63) is 30.1 Å². The molecule has 1 amide bonds. The van der Waals surface area contributed by atoms with Crippen LogP contribution in [0.3, 0.4) is 0 Å². The van der Waals surface area contributed by atoms with Crippen LogP contribution in [0.25, 0.3) is 0 Å². The van der Waals surface area contributed by atoms with E-state index in [4.69, 9.17) is 10.8 Å². The summed E-state index contributed by atoms with van der Waals surface area (Å²) >= 11 is 0. The van der Waals surface area contributed by atoms with Crippen molar-refractivity contribution in [1.29, 1.82) is 0 Å². The summed E-state index contributed by atoms with van der Waals surface area (Å²) in [6.45, 7) is 2.40. The first-order valence-electron chi connectivity index (χ1n) is 5.61. The number of carboxylic acid groups (broad SMARTS) is 1. The molecule has 1 aromatic heterocycles. The maximum Gasteiger partial charge on any atom is 0.307 e. The summed E-state index contributed by atoms with van der Waals surface area (Å²) in [6, 6.07) is 3.64. The van der Waals surface area contributed by atoms with Gasteiger partial charge in [-0.05, 0) is 17.7 Å². The molecule has 0 aromatic carbocycles. The monoisotopic (exact) mass is 251 g/mol. The summed E-state index contributed by atoms with van der Waals surface area (Å²) in [5, 5.41) is 8.88. The second-order valence-corrected chi connectivity index (χ2v) is 4.23. The number of nitrogens with two attached hydrogens (primary N) is 1. The average Bonchev–Trinajstić information content (AvgIpc) is 2.29. The number of primary amides is 1. The molecule has 18 heavy (non-hydrogen) atoms. The Morgan fingerprint density at radius 3 is 2.56 bits per heavy atom. The van der Waals surface area contributed by atoms with Gasteiger partial charge in [-0.2, -0.15) is 0 Å². The summed E-state index contributed by atoms with van der Waals surface area (Å²) < 4.78 is 0. The van der Waals surface area contributed by atoms with Crippen LogP contribution in [-0.4, -0.2) is 40.0 Å². The number of nitrogens with zero attached hydrogens (tertiary/aromatic N) is 2. The molecule has 0 aliphatic rings. The van der Waals surface area contributed by atoms with Crippen LogP contribution in [0.2, 0.25) is 0 Å². The van der Waals surface area contributed by atoms with E-state index in [1.807, 2.05) is 12.1 Å². The van der Waals surface area contributed by atoms with Crippen molar-refractivity contribution in [2.24, 2.45) is 11.7 Å². The average molecular weight is 251 g/mol. The first-order chi connectivity index (χ1) is 8.49. The van der Waals surface area contributed by atoms with Crippen molar-refractivity contribution in [2.75, 3.05) is 13.1 Å². The van der Waals surface area contributed by atoms with E-state index < -0.39 is 17.8 Å². The predicted octanol–water partition coefficient (Wildman–Crippen LogP) is 0.0896. The number of carbonyl (C=O) groups is 2. The van der Waals surface area contributed by atoms with E-state index in [0.29, 0.717) is 6.54 Å². The number of hydrogen-bond acceptors (Lipinski definition) is 4. The minimum atomic E-state index is -0.890. The van der Waals surface area contributed by atoms with Gasteiger partial charge in [0.2, 0.25) is 5.91 Å². The molecular formula is C12H17N3O3. The van der Waals surface area contributed by atoms with Crippen LogP contribution in [0.4, 0.5) is 0 Å². The number of hydrogen-bond donors (Lipinski definition) is 2. The van der Waals surface area contributed by atoms with Gasteiger partial charge in [0, 0.05) is 25.5 Å². The van der Waals surface area contributed by atoms with Crippen molar-refractivity contribution in [3.8, 4) is 0 Å². The van der Waals surface area contributed by atoms with Crippen LogP contribution in [0.1, 0.15) is 12.5 Å². The Morgan fingerprint density at radius 1 is 1.44 bits per heavy atom. The molecule has 0 radical (unpaired) electrons. The van der Waals surface area contributed by atoms with E-state index in [1.54, 1.807) is 24.2 Å². The Labute approximate surface area is 105 Å². The van der Waals surface area contributed by atoms with E-state index in [2.05, 4.69) is 4.98 Å². The molecule has 0 saturated heterocycles. The highest BCUT2D eigenvalue weighted by Gasteiger charge is 2.17. The molecular weight excluding hydrogens is 234 g/mol. The quantitative estimate of drug-likeness (QED) is 0.716. The standard InChI is InChI=1S/C12H17N3O3/c1-9(12(17)18)6-15(8-11(13)16)7-10-2-4-14-5-3-10/h2-5,9H,6-8H2,1H3,(H2,13,16)(H,17,18). The van der Waals surface area contributed by atoms with Gasteiger partial charge in [0.1, 0.15) is 0 Å². The maximum absolute atomic E-state index is 11.0. The Kier molecular flexibility index (Phi) is 5.26. The van der Waals surface area contributed by atoms with Crippen LogP contribution < -0.4 is 5.73 Å². The van der Waals surface area contributed by atoms with Crippen LogP contribution in [-0.2, 0) is 16.1 Å². The second-order valence-electron chi connectivity index (χ2n) is 4.23. The maximum atomic E-state index is 11.0. The van der Waals surface area contributed by atoms with Crippen molar-refractivity contribution >= 4 is 11.9 Å². The number of carbonyl (C=O) groups excluding carboxylic acids is 1. The highest BCUT2D eigenvalue weighted by Crippen LogP contribution is 2.06. The Bertz CT molecular complexity index is 408. The van der Waals surface area contributed by atoms with Gasteiger partial charge >= 0.3 is 5.97 Å². The molecule has 0 fully saturated rings. The largest absolute Gasteiger partial charge is 0.481 e. The smallest absolute Gasteiger partial charge is 0.307 e. The van der Waals surface area contributed by atoms with Crippen LogP contribution >= 0.6 is 0 Å². The zero-order chi connectivity index (χ0) is 13.5. The number of amides is 1. The molecule has 1 atom stereocenters. The third kappa shape index (κ3) is 4.92. The number of rotatable bonds is 7. The third-order valence-electron chi connectivity index (χ3n) is 2.49. The van der Waals surface area contributed by atoms with E-state index in [9.17, 15) is 9.59 Å². The lowest BCUT2D eigenvalue weighted by molar-refractivity contribution is -0.142. The molecule has 1 rings (SSSR count). The van der Waals surface area contributed by atoms with Crippen LogP contribution in [0.5, 0.6) is 0 Å². The summed E-state index contributed by atoms with van der Waals surface area (Å²) in [5.74, 6) is -1.91. The molecule has 0 aliphatic carbocycles. The van der Waals surface area contributed by atoms with Gasteiger partial charge in [0.15, 0.2) is 0 Å². The van der Waals surface area contributed by atoms with Crippen molar-refractivity contribution in [2.45, 2.75) is 13.5 Å². The summed E-state index contributed by atoms with van der Waals surface area (Å²) in [5.41, 5.74) is 6.12. The molecule has 0 spiro atoms. The van der Waals surface area contributed by atoms with Gasteiger partial charge in [-0.25, -0.2) is 0 Å². The molecule has 98 valence electrons. The second kappa shape index (κ2) is 6.70. The first-order valence-corrected chi connectivity index (χ1v) is 5.61. The molecule has 1 aromatic rings. The number of aromatic nitrogens is 1. The first kappa shape index (κ1) is 14.1. The van der Waals surface area contributed by atoms with Gasteiger partial charge in [-0.3, -0.25) is 19.5 Å². The highest BCUT2D eigenvalue weighted by molar-refractivity contribution is 5.76. The molecule has 3 N–H and O–H groups in total. The highest BCUT2D eigenvalue weighted by atomic mass is 16.4. The van der Waals surface area contributed by atoms with E-state index in [1.165, 1.54) is 0 Å². The fourth-order valence-electron chi connectivity index (χ4n) is 1.62. The van der Waals surface area contributed by atoms with Crippen LogP contribution in [0.15, 0.2) is 24.5 Å². The topological polar surface area (TPSA) is 96.5 Å². The van der Waals surface area contributed by atoms with Crippen molar-refractivity contribution in [3.63, 3.8) is 0 Å². The van der Waals surface area contributed by atoms with E-state index in [-0.39, 0.29) is 13.1 Å². The molecule has 0 bridgehead atoms. The summed E-state index contributed by atoms with van der Waals surface area (Å²) in [6.07, 6.45) is 3.30. The summed E-state index contributed by atoms with van der Waals surface area (Å²) in [4.78, 5) is 27.4. The van der Waals surface area contributed by atoms with Gasteiger partial charge < -0.3 is 10.8 Å². The molecule has 0 aliphatic heterocycles. The summed E-state index contributed by atoms with van der Waals surface area (Å²) in [7, 11) is 0. The van der Waals surface area contributed by atoms with Gasteiger partial charge in [0.05, 0.1) is 12.5 Å². The zero-order valence-corrected chi connectivity index (χ0v) is 10.2. The minimum absolute atomic E-state index is 0.0416. The lowest BCUT2D eigenvalue weighted by Crippen LogP contribution is -2.37. The number of pyridine rings is 1. The van der Waals surface area contributed by atoms with Gasteiger partial charge in [-0.1, -0.05) is 6.92 Å². The molecule has 1 heterocycles. The Balaban J connectivity index is 2.66. The van der Waals surface area contributed by atoms with Crippen LogP contribution in [0, 0.1) is 5.92 Å². The molecule has 6 heteroatoms. The Morgan fingerprint density at radius 2 is 2.06 bits per heavy atom. The lowest BCUT2D eigenvalue weighted by atomic mass is 10.1. The predicted molar refractivity (Wildman–Crippen MR) is 65.5 cm³/mol. The SMILES string of the molecule is CC(CN(CC(N)=O)Cc1ccncc1)C(=O)O. The fourth-order valence-corrected chi connectivity index (χ4v) is 1.62. The van der Waals surface area contributed by atoms with Crippen molar-refractivity contribution in [1.82, 2.24) is 9.88 Å². The Hall–Kier alpha value is -1.95. The third-order valence-corrected chi connectivity index (χ3v) is 2.49. The number of carboxylic acids is 1. The lowest BCUT2D eigenvalue weighted by Gasteiger charge is -2.22.